The molecule has 0 unspecified atom stereocenters. The molecule has 0 radical (unpaired) electrons. The van der Waals surface area contributed by atoms with Crippen LogP contribution < -0.4 is 9.47 Å². The number of rotatable bonds is 4. The molecule has 2 aromatic rings. The van der Waals surface area contributed by atoms with Crippen molar-refractivity contribution in [2.75, 3.05) is 6.61 Å². The van der Waals surface area contributed by atoms with E-state index in [1.165, 1.54) is 24.3 Å². The monoisotopic (exact) mass is 260 g/mol. The molecule has 0 aromatic heterocycles. The maximum atomic E-state index is 12.7. The van der Waals surface area contributed by atoms with Crippen LogP contribution in [0.25, 0.3) is 0 Å². The van der Waals surface area contributed by atoms with Gasteiger partial charge in [-0.15, -0.1) is 0 Å². The number of halogens is 1. The zero-order chi connectivity index (χ0) is 13.7. The second-order valence-corrected chi connectivity index (χ2v) is 3.80. The van der Waals surface area contributed by atoms with E-state index in [-0.39, 0.29) is 5.82 Å². The lowest BCUT2D eigenvalue weighted by Crippen LogP contribution is -2.08. The third-order valence-corrected chi connectivity index (χ3v) is 2.43. The number of benzene rings is 2. The number of hydrogen-bond donors (Lipinski definition) is 0. The lowest BCUT2D eigenvalue weighted by molar-refractivity contribution is 0.0734. The highest BCUT2D eigenvalue weighted by atomic mass is 19.1. The lowest BCUT2D eigenvalue weighted by atomic mass is 10.2. The molecule has 0 saturated heterocycles. The molecule has 0 aliphatic carbocycles. The molecule has 98 valence electrons. The summed E-state index contributed by atoms with van der Waals surface area (Å²) in [6.07, 6.45) is 0. The minimum atomic E-state index is -0.491. The van der Waals surface area contributed by atoms with Gasteiger partial charge >= 0.3 is 5.97 Å². The van der Waals surface area contributed by atoms with Gasteiger partial charge in [-0.3, -0.25) is 0 Å². The fraction of sp³-hybridized carbons (Fsp3) is 0.133. The second kappa shape index (κ2) is 6.00. The van der Waals surface area contributed by atoms with Gasteiger partial charge in [0.05, 0.1) is 12.2 Å². The summed E-state index contributed by atoms with van der Waals surface area (Å²) in [6.45, 7) is 2.45. The number of esters is 1. The van der Waals surface area contributed by atoms with Gasteiger partial charge in [-0.05, 0) is 55.5 Å². The van der Waals surface area contributed by atoms with Crippen molar-refractivity contribution in [2.45, 2.75) is 6.92 Å². The summed E-state index contributed by atoms with van der Waals surface area (Å²) in [5, 5.41) is 0. The molecule has 0 N–H and O–H groups in total. The van der Waals surface area contributed by atoms with Crippen molar-refractivity contribution in [3.05, 3.63) is 59.9 Å². The first kappa shape index (κ1) is 13.1. The first-order chi connectivity index (χ1) is 9.19. The van der Waals surface area contributed by atoms with E-state index in [9.17, 15) is 9.18 Å². The van der Waals surface area contributed by atoms with Crippen LogP contribution in [0.3, 0.4) is 0 Å². The third-order valence-electron chi connectivity index (χ3n) is 2.43. The average molecular weight is 260 g/mol. The molecular weight excluding hydrogens is 247 g/mol. The van der Waals surface area contributed by atoms with Gasteiger partial charge in [0.1, 0.15) is 17.3 Å². The van der Waals surface area contributed by atoms with Crippen LogP contribution in [0.1, 0.15) is 17.3 Å². The zero-order valence-corrected chi connectivity index (χ0v) is 10.4. The third kappa shape index (κ3) is 3.55. The van der Waals surface area contributed by atoms with Gasteiger partial charge in [0, 0.05) is 0 Å². The summed E-state index contributed by atoms with van der Waals surface area (Å²) in [7, 11) is 0. The van der Waals surface area contributed by atoms with E-state index in [0.29, 0.717) is 23.7 Å². The Balaban J connectivity index is 2.05. The summed E-state index contributed by atoms with van der Waals surface area (Å²) in [5.41, 5.74) is 0.410. The van der Waals surface area contributed by atoms with Crippen molar-refractivity contribution in [1.82, 2.24) is 0 Å². The van der Waals surface area contributed by atoms with Crippen LogP contribution in [0.4, 0.5) is 4.39 Å². The van der Waals surface area contributed by atoms with Crippen molar-refractivity contribution in [3.8, 4) is 11.5 Å². The molecule has 0 fully saturated rings. The fourth-order valence-electron chi connectivity index (χ4n) is 1.52. The average Bonchev–Trinajstić information content (AvgIpc) is 2.42. The van der Waals surface area contributed by atoms with E-state index in [0.717, 1.165) is 0 Å². The predicted molar refractivity (Wildman–Crippen MR) is 69.0 cm³/mol. The molecule has 0 aliphatic rings. The van der Waals surface area contributed by atoms with Crippen LogP contribution >= 0.6 is 0 Å². The number of carbonyl (C=O) groups is 1. The minimum Gasteiger partial charge on any atom is -0.494 e. The van der Waals surface area contributed by atoms with Crippen LogP contribution in [-0.4, -0.2) is 12.6 Å². The Morgan fingerprint density at radius 2 is 1.58 bits per heavy atom. The molecule has 3 nitrogen and oxygen atoms in total. The van der Waals surface area contributed by atoms with Gasteiger partial charge in [-0.2, -0.15) is 0 Å². The second-order valence-electron chi connectivity index (χ2n) is 3.80. The topological polar surface area (TPSA) is 35.5 Å². The van der Waals surface area contributed by atoms with Crippen molar-refractivity contribution in [3.63, 3.8) is 0 Å². The Morgan fingerprint density at radius 3 is 2.16 bits per heavy atom. The standard InChI is InChI=1S/C15H13FO3/c1-2-18-13-7-3-11(4-8-13)15(17)19-14-9-5-12(16)6-10-14/h3-10H,2H2,1H3. The van der Waals surface area contributed by atoms with E-state index in [2.05, 4.69) is 0 Å². The van der Waals surface area contributed by atoms with E-state index in [1.54, 1.807) is 24.3 Å². The Kier molecular flexibility index (Phi) is 4.13. The van der Waals surface area contributed by atoms with E-state index < -0.39 is 5.97 Å². The Hall–Kier alpha value is -2.36. The highest BCUT2D eigenvalue weighted by molar-refractivity contribution is 5.91. The lowest BCUT2D eigenvalue weighted by Gasteiger charge is -2.06. The maximum absolute atomic E-state index is 12.7. The zero-order valence-electron chi connectivity index (χ0n) is 10.4. The van der Waals surface area contributed by atoms with Crippen LogP contribution in [0.15, 0.2) is 48.5 Å². The highest BCUT2D eigenvalue weighted by Crippen LogP contribution is 2.16. The van der Waals surface area contributed by atoms with Gasteiger partial charge in [0.15, 0.2) is 0 Å². The van der Waals surface area contributed by atoms with Crippen LogP contribution in [-0.2, 0) is 0 Å². The van der Waals surface area contributed by atoms with Crippen molar-refractivity contribution >= 4 is 5.97 Å². The molecular formula is C15H13FO3. The van der Waals surface area contributed by atoms with Gasteiger partial charge < -0.3 is 9.47 Å². The maximum Gasteiger partial charge on any atom is 0.343 e. The molecule has 0 spiro atoms. The van der Waals surface area contributed by atoms with Gasteiger partial charge in [0.25, 0.3) is 0 Å². The van der Waals surface area contributed by atoms with Gasteiger partial charge in [-0.25, -0.2) is 9.18 Å². The summed E-state index contributed by atoms with van der Waals surface area (Å²) < 4.78 is 23.1. The smallest absolute Gasteiger partial charge is 0.343 e. The largest absolute Gasteiger partial charge is 0.494 e. The van der Waals surface area contributed by atoms with Crippen molar-refractivity contribution < 1.29 is 18.7 Å². The first-order valence-corrected chi connectivity index (χ1v) is 5.89. The van der Waals surface area contributed by atoms with Crippen LogP contribution in [0.5, 0.6) is 11.5 Å². The Bertz CT molecular complexity index is 547. The first-order valence-electron chi connectivity index (χ1n) is 5.89. The fourth-order valence-corrected chi connectivity index (χ4v) is 1.52. The predicted octanol–water partition coefficient (Wildman–Crippen LogP) is 3.44. The Labute approximate surface area is 110 Å². The van der Waals surface area contributed by atoms with Gasteiger partial charge in [-0.1, -0.05) is 0 Å². The quantitative estimate of drug-likeness (QED) is 0.624. The summed E-state index contributed by atoms with van der Waals surface area (Å²) in [5.74, 6) is 0.136. The van der Waals surface area contributed by atoms with Gasteiger partial charge in [0.2, 0.25) is 0 Å². The molecule has 0 aliphatic heterocycles. The molecule has 0 amide bonds. The molecule has 0 saturated carbocycles. The highest BCUT2D eigenvalue weighted by Gasteiger charge is 2.08. The van der Waals surface area contributed by atoms with E-state index >= 15 is 0 Å². The number of ether oxygens (including phenoxy) is 2. The number of carbonyl (C=O) groups excluding carboxylic acids is 1. The molecule has 4 heteroatoms. The number of hydrogen-bond acceptors (Lipinski definition) is 3. The molecule has 2 rings (SSSR count). The van der Waals surface area contributed by atoms with E-state index in [1.807, 2.05) is 6.92 Å². The normalized spacial score (nSPS) is 10.0. The summed E-state index contributed by atoms with van der Waals surface area (Å²) in [4.78, 5) is 11.8. The van der Waals surface area contributed by atoms with Crippen molar-refractivity contribution in [1.29, 1.82) is 0 Å². The summed E-state index contributed by atoms with van der Waals surface area (Å²) >= 11 is 0. The van der Waals surface area contributed by atoms with E-state index in [4.69, 9.17) is 9.47 Å². The molecule has 0 atom stereocenters. The summed E-state index contributed by atoms with van der Waals surface area (Å²) in [6, 6.07) is 11.9. The van der Waals surface area contributed by atoms with Crippen molar-refractivity contribution in [2.24, 2.45) is 0 Å². The van der Waals surface area contributed by atoms with Crippen LogP contribution in [0.2, 0.25) is 0 Å². The molecule has 0 bridgehead atoms. The van der Waals surface area contributed by atoms with Crippen LogP contribution in [0, 0.1) is 5.82 Å². The molecule has 2 aromatic carbocycles. The Morgan fingerprint density at radius 1 is 1.00 bits per heavy atom. The SMILES string of the molecule is CCOc1ccc(C(=O)Oc2ccc(F)cc2)cc1. The molecule has 19 heavy (non-hydrogen) atoms. The molecule has 0 heterocycles. The minimum absolute atomic E-state index is 0.306.